The Morgan fingerprint density at radius 3 is 0.831 bits per heavy atom. The van der Waals surface area contributed by atoms with Crippen LogP contribution in [0.1, 0.15) is 0 Å². The highest BCUT2D eigenvalue weighted by Gasteiger charge is 2.72. The van der Waals surface area contributed by atoms with E-state index in [2.05, 4.69) is 337 Å². The molecule has 0 saturated carbocycles. The Morgan fingerprint density at radius 1 is 0.182 bits per heavy atom. The Labute approximate surface area is 452 Å². The largest absolute Gasteiger partial charge is 0.309 e. The van der Waals surface area contributed by atoms with Crippen molar-refractivity contribution >= 4 is 107 Å². The maximum absolute atomic E-state index is 3.60. The van der Waals surface area contributed by atoms with Crippen molar-refractivity contribution in [2.75, 3.05) is 0 Å². The van der Waals surface area contributed by atoms with Crippen molar-refractivity contribution in [3.05, 3.63) is 328 Å². The summed E-state index contributed by atoms with van der Waals surface area (Å²) in [6.07, 6.45) is 0. The third-order valence-corrected chi connectivity index (χ3v) is 50.6. The molecule has 2 aromatic heterocycles. The predicted molar refractivity (Wildman–Crippen MR) is 335 cm³/mol. The summed E-state index contributed by atoms with van der Waals surface area (Å²) in [5.41, 5.74) is 7.08. The van der Waals surface area contributed by atoms with Crippen molar-refractivity contribution in [2.24, 2.45) is 0 Å². The number of rotatable bonds is 12. The second-order valence-electron chi connectivity index (χ2n) is 20.3. The Hall–Kier alpha value is -9.11. The monoisotopic (exact) mass is 1030 g/mol. The molecular formula is C72H54N2Si3. The second kappa shape index (κ2) is 19.2. The molecule has 0 aliphatic carbocycles. The Balaban J connectivity index is 1.19. The standard InChI is InChI=1S/C72H54N2Si3/c1-9-30-55(31-10-1)73-69-50-27-25-48-65(69)67-54-72-68(53-71(67)73)66-49-26-28-51-70(66)74(72)56-32-29-47-64(52-56)76(60-39-17-5-18-40-60,61-41-19-6-20-42-61)77(62-43-21-7-22-44-62,63-45-23-8-24-46-63)75(57-33-11-2-12-34-57,58-35-13-3-14-36-58)59-37-15-4-16-38-59/h1-54H. The van der Waals surface area contributed by atoms with E-state index >= 15 is 0 Å². The van der Waals surface area contributed by atoms with Gasteiger partial charge >= 0.3 is 0 Å². The molecule has 77 heavy (non-hydrogen) atoms. The molecule has 0 unspecified atom stereocenters. The number of benzene rings is 12. The fourth-order valence-electron chi connectivity index (χ4n) is 13.9. The molecule has 2 nitrogen and oxygen atoms in total. The van der Waals surface area contributed by atoms with Gasteiger partial charge in [-0.2, -0.15) is 0 Å². The van der Waals surface area contributed by atoms with Gasteiger partial charge < -0.3 is 9.13 Å². The van der Waals surface area contributed by atoms with Gasteiger partial charge in [-0.05, 0) is 53.7 Å². The molecule has 0 spiro atoms. The highest BCUT2D eigenvalue weighted by atomic mass is 29.6. The Morgan fingerprint density at radius 2 is 0.455 bits per heavy atom. The molecule has 14 aromatic rings. The normalized spacial score (nSPS) is 12.2. The molecular weight excluding hydrogens is 977 g/mol. The van der Waals surface area contributed by atoms with Gasteiger partial charge in [0, 0.05) is 32.9 Å². The number of hydrogen-bond acceptors (Lipinski definition) is 0. The van der Waals surface area contributed by atoms with E-state index in [4.69, 9.17) is 0 Å². The van der Waals surface area contributed by atoms with Gasteiger partial charge in [0.2, 0.25) is 0 Å². The summed E-state index contributed by atoms with van der Waals surface area (Å²) >= 11 is 0. The summed E-state index contributed by atoms with van der Waals surface area (Å²) in [6.45, 7) is 0. The van der Waals surface area contributed by atoms with Crippen molar-refractivity contribution in [3.63, 3.8) is 0 Å². The van der Waals surface area contributed by atoms with Crippen molar-refractivity contribution in [1.29, 1.82) is 0 Å². The van der Waals surface area contributed by atoms with E-state index in [1.54, 1.807) is 0 Å². The van der Waals surface area contributed by atoms with E-state index in [9.17, 15) is 0 Å². The smallest absolute Gasteiger partial charge is 0.148 e. The molecule has 364 valence electrons. The van der Waals surface area contributed by atoms with Crippen LogP contribution in [0.2, 0.25) is 0 Å². The fraction of sp³-hybridized carbons (Fsp3) is 0. The predicted octanol–water partition coefficient (Wildman–Crippen LogP) is 11.9. The summed E-state index contributed by atoms with van der Waals surface area (Å²) in [7, 11) is -10.6. The zero-order valence-corrected chi connectivity index (χ0v) is 45.6. The lowest BCUT2D eigenvalue weighted by Gasteiger charge is -2.59. The Kier molecular flexibility index (Phi) is 11.6. The fourth-order valence-corrected chi connectivity index (χ4v) is 59.2. The van der Waals surface area contributed by atoms with Crippen LogP contribution in [0.15, 0.2) is 328 Å². The van der Waals surface area contributed by atoms with Crippen molar-refractivity contribution < 1.29 is 0 Å². The lowest BCUT2D eigenvalue weighted by Crippen LogP contribution is -3.04. The quantitative estimate of drug-likeness (QED) is 0.0853. The molecule has 0 atom stereocenters. The first-order valence-electron chi connectivity index (χ1n) is 26.8. The molecule has 0 aliphatic heterocycles. The number of para-hydroxylation sites is 3. The van der Waals surface area contributed by atoms with Gasteiger partial charge in [0.15, 0.2) is 0 Å². The van der Waals surface area contributed by atoms with Crippen LogP contribution in [0, 0.1) is 0 Å². The molecule has 0 bridgehead atoms. The highest BCUT2D eigenvalue weighted by molar-refractivity contribution is 7.89. The van der Waals surface area contributed by atoms with Gasteiger partial charge in [-0.25, -0.2) is 0 Å². The van der Waals surface area contributed by atoms with Gasteiger partial charge in [-0.15, -0.1) is 0 Å². The molecule has 2 heterocycles. The lowest BCUT2D eigenvalue weighted by molar-refractivity contribution is 1.18. The maximum atomic E-state index is 2.64. The van der Waals surface area contributed by atoms with E-state index in [0.717, 1.165) is 11.4 Å². The zero-order valence-electron chi connectivity index (χ0n) is 42.6. The highest BCUT2D eigenvalue weighted by Crippen LogP contribution is 2.40. The minimum absolute atomic E-state index is 1.15. The summed E-state index contributed by atoms with van der Waals surface area (Å²) in [5.74, 6) is 0. The van der Waals surface area contributed by atoms with Crippen LogP contribution in [-0.4, -0.2) is 31.4 Å². The molecule has 12 aromatic carbocycles. The van der Waals surface area contributed by atoms with Crippen LogP contribution < -0.4 is 41.5 Å². The average molecular weight is 1030 g/mol. The molecule has 14 rings (SSSR count). The average Bonchev–Trinajstić information content (AvgIpc) is 4.04. The zero-order chi connectivity index (χ0) is 51.2. The SMILES string of the molecule is c1ccc(-n2c3ccccc3c3cc4c(cc32)c2ccccc2n4-c2cccc([Si](c3ccccc3)(c3ccccc3)[Si](c3ccccc3)(c3ccccc3)[Si](c3ccccc3)(c3ccccc3)c3ccccc3)c2)cc1. The van der Waals surface area contributed by atoms with Gasteiger partial charge in [-0.3, -0.25) is 0 Å². The number of hydrogen-bond donors (Lipinski definition) is 0. The number of fused-ring (bicyclic) bond motifs is 6. The van der Waals surface area contributed by atoms with Crippen LogP contribution in [0.5, 0.6) is 0 Å². The number of nitrogens with zero attached hydrogens (tertiary/aromatic N) is 2. The first-order valence-corrected chi connectivity index (χ1v) is 34.8. The van der Waals surface area contributed by atoms with Crippen molar-refractivity contribution in [1.82, 2.24) is 9.13 Å². The van der Waals surface area contributed by atoms with Crippen LogP contribution >= 0.6 is 0 Å². The van der Waals surface area contributed by atoms with E-state index in [-0.39, 0.29) is 0 Å². The summed E-state index contributed by atoms with van der Waals surface area (Å²) in [6, 6.07) is 126. The van der Waals surface area contributed by atoms with Crippen molar-refractivity contribution in [2.45, 2.75) is 0 Å². The van der Waals surface area contributed by atoms with Crippen LogP contribution in [-0.2, 0) is 0 Å². The van der Waals surface area contributed by atoms with Crippen LogP contribution in [0.25, 0.3) is 55.0 Å². The van der Waals surface area contributed by atoms with Crippen LogP contribution in [0.4, 0.5) is 0 Å². The Bertz CT molecular complexity index is 4180. The van der Waals surface area contributed by atoms with Gasteiger partial charge in [0.1, 0.15) is 22.3 Å². The molecule has 0 fully saturated rings. The van der Waals surface area contributed by atoms with E-state index in [1.807, 2.05) is 0 Å². The summed E-state index contributed by atoms with van der Waals surface area (Å²) < 4.78 is 5.01. The lowest BCUT2D eigenvalue weighted by atomic mass is 10.1. The third kappa shape index (κ3) is 6.98. The number of aromatic nitrogens is 2. The van der Waals surface area contributed by atoms with E-state index < -0.39 is 22.3 Å². The molecule has 0 N–H and O–H groups in total. The minimum Gasteiger partial charge on any atom is -0.309 e. The minimum atomic E-state index is -3.60. The first kappa shape index (κ1) is 46.4. The van der Waals surface area contributed by atoms with Gasteiger partial charge in [0.05, 0.1) is 22.1 Å². The topological polar surface area (TPSA) is 9.86 Å². The first-order chi connectivity index (χ1) is 38.2. The van der Waals surface area contributed by atoms with E-state index in [1.165, 1.54) is 85.1 Å². The van der Waals surface area contributed by atoms with Crippen molar-refractivity contribution in [3.8, 4) is 11.4 Å². The third-order valence-electron chi connectivity index (χ3n) is 16.6. The summed E-state index contributed by atoms with van der Waals surface area (Å²) in [5, 5.41) is 16.3. The second-order valence-corrected chi connectivity index (χ2v) is 39.9. The summed E-state index contributed by atoms with van der Waals surface area (Å²) in [4.78, 5) is 0. The molecule has 0 amide bonds. The van der Waals surface area contributed by atoms with Gasteiger partial charge in [-0.1, -0.05) is 315 Å². The molecule has 0 radical (unpaired) electrons. The molecule has 5 heteroatoms. The maximum Gasteiger partial charge on any atom is 0.148 e. The molecule has 0 saturated heterocycles. The van der Waals surface area contributed by atoms with E-state index in [0.29, 0.717) is 0 Å². The van der Waals surface area contributed by atoms with Crippen LogP contribution in [0.3, 0.4) is 0 Å². The molecule has 0 aliphatic rings. The van der Waals surface area contributed by atoms with Gasteiger partial charge in [0.25, 0.3) is 0 Å².